The van der Waals surface area contributed by atoms with Gasteiger partial charge in [0.25, 0.3) is 5.91 Å². The molecule has 0 aliphatic heterocycles. The molecule has 9 heteroatoms. The molecular weight excluding hydrogens is 524 g/mol. The molecule has 192 valence electrons. The van der Waals surface area contributed by atoms with Gasteiger partial charge >= 0.3 is 0 Å². The van der Waals surface area contributed by atoms with Crippen LogP contribution in [0.25, 0.3) is 0 Å². The number of pyridine rings is 2. The van der Waals surface area contributed by atoms with Gasteiger partial charge < -0.3 is 20.6 Å². The van der Waals surface area contributed by atoms with Crippen LogP contribution in [0.4, 0.5) is 11.4 Å². The molecule has 2 heterocycles. The van der Waals surface area contributed by atoms with Crippen molar-refractivity contribution < 1.29 is 14.3 Å². The number of rotatable bonds is 6. The van der Waals surface area contributed by atoms with Crippen LogP contribution >= 0.6 is 15.9 Å². The van der Waals surface area contributed by atoms with Gasteiger partial charge in [-0.3, -0.25) is 9.78 Å². The maximum absolute atomic E-state index is 13.0. The Kier molecular flexibility index (Phi) is 8.16. The molecular formula is C26H39BrN4O3Si. The number of amides is 1. The monoisotopic (exact) mass is 562 g/mol. The number of nitrogens with two attached hydrogens (primary N) is 1. The largest absolute Gasteiger partial charge is 0.411 e. The van der Waals surface area contributed by atoms with Gasteiger partial charge in [-0.05, 0) is 88.9 Å². The lowest BCUT2D eigenvalue weighted by Gasteiger charge is -2.51. The molecule has 4 atom stereocenters. The molecule has 2 aromatic heterocycles. The highest BCUT2D eigenvalue weighted by atomic mass is 79.9. The summed E-state index contributed by atoms with van der Waals surface area (Å²) < 4.78 is 7.38. The Morgan fingerprint density at radius 2 is 2.00 bits per heavy atom. The van der Waals surface area contributed by atoms with Crippen LogP contribution in [-0.2, 0) is 4.43 Å². The van der Waals surface area contributed by atoms with Crippen molar-refractivity contribution in [3.05, 3.63) is 46.5 Å². The number of carbonyl (C=O) groups is 1. The minimum absolute atomic E-state index is 0.0279. The van der Waals surface area contributed by atoms with E-state index in [4.69, 9.17) is 10.2 Å². The topological polar surface area (TPSA) is 110 Å². The normalized spacial score (nSPS) is 25.3. The molecule has 0 spiro atoms. The van der Waals surface area contributed by atoms with Crippen molar-refractivity contribution in [3.63, 3.8) is 0 Å². The van der Waals surface area contributed by atoms with Crippen molar-refractivity contribution >= 4 is 41.5 Å². The van der Waals surface area contributed by atoms with E-state index >= 15 is 0 Å². The van der Waals surface area contributed by atoms with E-state index in [1.807, 2.05) is 13.0 Å². The van der Waals surface area contributed by atoms with Gasteiger partial charge in [0.05, 0.1) is 29.3 Å². The van der Waals surface area contributed by atoms with Crippen LogP contribution < -0.4 is 11.1 Å². The third-order valence-electron chi connectivity index (χ3n) is 8.01. The molecule has 1 fully saturated rings. The van der Waals surface area contributed by atoms with Gasteiger partial charge in [-0.2, -0.15) is 0 Å². The van der Waals surface area contributed by atoms with Gasteiger partial charge in [0.15, 0.2) is 14.0 Å². The highest BCUT2D eigenvalue weighted by Gasteiger charge is 2.51. The number of carbonyl (C=O) groups excluding carboxylic acids is 1. The number of aliphatic hydroxyl groups is 1. The van der Waals surface area contributed by atoms with Crippen LogP contribution in [0, 0.1) is 5.92 Å². The summed E-state index contributed by atoms with van der Waals surface area (Å²) >= 11 is 3.30. The molecule has 1 aliphatic rings. The number of nitrogens with one attached hydrogen (secondary N) is 1. The number of hydrogen-bond donors (Lipinski definition) is 3. The fraction of sp³-hybridized carbons (Fsp3) is 0.577. The van der Waals surface area contributed by atoms with E-state index in [-0.39, 0.29) is 34.6 Å². The summed E-state index contributed by atoms with van der Waals surface area (Å²) in [4.78, 5) is 21.5. The molecule has 7 nitrogen and oxygen atoms in total. The van der Waals surface area contributed by atoms with E-state index < -0.39 is 13.9 Å². The lowest BCUT2D eigenvalue weighted by atomic mass is 9.67. The predicted molar refractivity (Wildman–Crippen MR) is 147 cm³/mol. The molecule has 1 aliphatic carbocycles. The van der Waals surface area contributed by atoms with Crippen molar-refractivity contribution in [3.8, 4) is 0 Å². The summed E-state index contributed by atoms with van der Waals surface area (Å²) in [5.74, 6) is -0.265. The Balaban J connectivity index is 1.92. The lowest BCUT2D eigenvalue weighted by Crippen LogP contribution is -2.57. The van der Waals surface area contributed by atoms with E-state index in [1.54, 1.807) is 24.5 Å². The Morgan fingerprint density at radius 1 is 1.31 bits per heavy atom. The summed E-state index contributed by atoms with van der Waals surface area (Å²) in [6, 6.07) is 5.29. The van der Waals surface area contributed by atoms with Crippen molar-refractivity contribution in [1.82, 2.24) is 9.97 Å². The van der Waals surface area contributed by atoms with Gasteiger partial charge in [0.2, 0.25) is 0 Å². The first-order valence-corrected chi connectivity index (χ1v) is 16.0. The first kappa shape index (κ1) is 27.8. The molecule has 4 N–H and O–H groups in total. The fourth-order valence-electron chi connectivity index (χ4n) is 4.69. The Morgan fingerprint density at radius 3 is 2.63 bits per heavy atom. The third kappa shape index (κ3) is 5.79. The Labute approximate surface area is 218 Å². The van der Waals surface area contributed by atoms with Crippen LogP contribution in [0.15, 0.2) is 35.2 Å². The molecule has 0 saturated heterocycles. The predicted octanol–water partition coefficient (Wildman–Crippen LogP) is 6.12. The minimum Gasteiger partial charge on any atom is -0.411 e. The molecule has 0 aromatic carbocycles. The fourth-order valence-corrected chi connectivity index (χ4v) is 6.37. The van der Waals surface area contributed by atoms with Crippen LogP contribution in [0.2, 0.25) is 18.1 Å². The molecule has 0 bridgehead atoms. The second kappa shape index (κ2) is 10.3. The van der Waals surface area contributed by atoms with Gasteiger partial charge in [-0.25, -0.2) is 4.98 Å². The molecule has 3 rings (SSSR count). The van der Waals surface area contributed by atoms with Crippen LogP contribution in [0.1, 0.15) is 75.9 Å². The van der Waals surface area contributed by atoms with Crippen LogP contribution in [0.3, 0.4) is 0 Å². The molecule has 35 heavy (non-hydrogen) atoms. The summed E-state index contributed by atoms with van der Waals surface area (Å²) in [6.07, 6.45) is 5.20. The van der Waals surface area contributed by atoms with Crippen molar-refractivity contribution in [2.24, 2.45) is 5.92 Å². The number of halogens is 1. The molecule has 1 saturated carbocycles. The minimum atomic E-state index is -2.12. The molecule has 0 unspecified atom stereocenters. The van der Waals surface area contributed by atoms with E-state index in [0.29, 0.717) is 28.8 Å². The average molecular weight is 564 g/mol. The molecule has 2 aromatic rings. The smallest absolute Gasteiger partial charge is 0.276 e. The SMILES string of the molecule is CC[C@@]1(O)[C@@H](C)C[C@@H](c2ccncc2NC(=O)c2nc(Br)ccc2N)C[C@H]1O[Si](C)(C)C(C)(C)C. The zero-order valence-electron chi connectivity index (χ0n) is 21.9. The lowest BCUT2D eigenvalue weighted by molar-refractivity contribution is -0.131. The van der Waals surface area contributed by atoms with E-state index in [0.717, 1.165) is 12.0 Å². The first-order valence-electron chi connectivity index (χ1n) is 12.3. The van der Waals surface area contributed by atoms with E-state index in [1.165, 1.54) is 0 Å². The van der Waals surface area contributed by atoms with Crippen molar-refractivity contribution in [2.75, 3.05) is 11.1 Å². The molecule has 1 amide bonds. The quantitative estimate of drug-likeness (QED) is 0.289. The number of hydrogen-bond acceptors (Lipinski definition) is 6. The average Bonchev–Trinajstić information content (AvgIpc) is 2.77. The third-order valence-corrected chi connectivity index (χ3v) is 12.9. The molecule has 0 radical (unpaired) electrons. The summed E-state index contributed by atoms with van der Waals surface area (Å²) in [5.41, 5.74) is 7.18. The number of aromatic nitrogens is 2. The number of anilines is 2. The van der Waals surface area contributed by atoms with Gasteiger partial charge in [0.1, 0.15) is 4.60 Å². The zero-order chi connectivity index (χ0) is 26.2. The van der Waals surface area contributed by atoms with Crippen LogP contribution in [0.5, 0.6) is 0 Å². The second-order valence-electron chi connectivity index (χ2n) is 11.3. The Bertz CT molecular complexity index is 1070. The summed E-state index contributed by atoms with van der Waals surface area (Å²) in [7, 11) is -2.12. The van der Waals surface area contributed by atoms with Crippen LogP contribution in [-0.4, -0.2) is 41.0 Å². The highest BCUT2D eigenvalue weighted by molar-refractivity contribution is 9.10. The number of nitrogens with zero attached hydrogens (tertiary/aromatic N) is 2. The van der Waals surface area contributed by atoms with Gasteiger partial charge in [-0.15, -0.1) is 0 Å². The first-order chi connectivity index (χ1) is 16.2. The van der Waals surface area contributed by atoms with Gasteiger partial charge in [-0.1, -0.05) is 34.6 Å². The second-order valence-corrected chi connectivity index (χ2v) is 16.8. The maximum Gasteiger partial charge on any atom is 0.276 e. The van der Waals surface area contributed by atoms with E-state index in [9.17, 15) is 9.90 Å². The maximum atomic E-state index is 13.0. The highest BCUT2D eigenvalue weighted by Crippen LogP contribution is 2.49. The number of nitrogen functional groups attached to an aromatic ring is 1. The summed E-state index contributed by atoms with van der Waals surface area (Å²) in [5, 5.41) is 14.7. The van der Waals surface area contributed by atoms with Gasteiger partial charge in [0, 0.05) is 6.20 Å². The summed E-state index contributed by atoms with van der Waals surface area (Å²) in [6.45, 7) is 15.2. The standard InChI is InChI=1S/C26H39BrN4O3Si/c1-8-26(33)16(2)13-17(14-21(26)34-35(6,7)25(3,4)5)18-11-12-29-15-20(18)30-24(32)23-19(28)9-10-22(27)31-23/h9-12,15-17,21,33H,8,13-14,28H2,1-7H3,(H,30,32)/t16-,17+,21+,26+/m0/s1. The van der Waals surface area contributed by atoms with Crippen molar-refractivity contribution in [1.29, 1.82) is 0 Å². The zero-order valence-corrected chi connectivity index (χ0v) is 24.4. The Hall–Kier alpha value is -1.81. The van der Waals surface area contributed by atoms with E-state index in [2.05, 4.69) is 72.0 Å². The van der Waals surface area contributed by atoms with Crippen molar-refractivity contribution in [2.45, 2.75) is 89.6 Å².